The molecule has 142 valence electrons. The third-order valence-electron chi connectivity index (χ3n) is 4.19. The number of benzene rings is 1. The smallest absolute Gasteiger partial charge is 0.410 e. The molecular weight excluding hydrogens is 326 g/mol. The predicted octanol–water partition coefficient (Wildman–Crippen LogP) is 5.07. The number of rotatable bonds is 3. The van der Waals surface area contributed by atoms with E-state index in [0.29, 0.717) is 0 Å². The summed E-state index contributed by atoms with van der Waals surface area (Å²) in [5.74, 6) is 0. The second-order valence-corrected chi connectivity index (χ2v) is 7.29. The molecule has 1 amide bonds. The monoisotopic (exact) mass is 357 g/mol. The maximum atomic E-state index is 12.3. The second-order valence-electron chi connectivity index (χ2n) is 7.29. The molecule has 5 nitrogen and oxygen atoms in total. The van der Waals surface area contributed by atoms with Gasteiger partial charge in [-0.25, -0.2) is 4.79 Å². The van der Waals surface area contributed by atoms with Gasteiger partial charge >= 0.3 is 6.09 Å². The Bertz CT molecular complexity index is 725. The van der Waals surface area contributed by atoms with Crippen LogP contribution in [0.5, 0.6) is 0 Å². The van der Waals surface area contributed by atoms with Crippen LogP contribution in [-0.2, 0) is 4.74 Å². The summed E-state index contributed by atoms with van der Waals surface area (Å²) in [4.78, 5) is 18.3. The molecule has 0 spiro atoms. The largest absolute Gasteiger partial charge is 0.444 e. The fourth-order valence-corrected chi connectivity index (χ4v) is 3.04. The van der Waals surface area contributed by atoms with Gasteiger partial charge in [0.2, 0.25) is 0 Å². The van der Waals surface area contributed by atoms with Crippen LogP contribution >= 0.6 is 0 Å². The van der Waals surface area contributed by atoms with E-state index in [-0.39, 0.29) is 12.1 Å². The molecule has 2 heterocycles. The molecule has 0 bridgehead atoms. The lowest BCUT2D eigenvalue weighted by molar-refractivity contribution is 0.0235. The minimum Gasteiger partial charge on any atom is -0.444 e. The lowest BCUT2D eigenvalue weighted by atomic mass is 10.1. The summed E-state index contributed by atoms with van der Waals surface area (Å²) in [7, 11) is 0. The van der Waals surface area contributed by atoms with Crippen LogP contribution in [0, 0.1) is 0 Å². The normalized spacial score (nSPS) is 16.8. The first-order valence-corrected chi connectivity index (χ1v) is 9.50. The van der Waals surface area contributed by atoms with Gasteiger partial charge in [-0.2, -0.15) is 0 Å². The standard InChI is InChI=1S/C19H25N3O2.C2H6/c1-19(2,3)24-18(23)22-10-4-5-17(22)13-21-16-7-6-15-12-20-9-8-14(15)11-16;1-2/h6-9,11-12,17,21H,4-5,10,13H2,1-3H3;1-2H3. The fraction of sp³-hybridized carbons (Fsp3) is 0.524. The number of hydrogen-bond donors (Lipinski definition) is 1. The van der Waals surface area contributed by atoms with Crippen molar-refractivity contribution in [1.82, 2.24) is 9.88 Å². The molecule has 2 aromatic rings. The molecule has 1 fully saturated rings. The van der Waals surface area contributed by atoms with E-state index in [2.05, 4.69) is 28.5 Å². The summed E-state index contributed by atoms with van der Waals surface area (Å²) in [6, 6.07) is 8.40. The first kappa shape index (κ1) is 20.0. The zero-order chi connectivity index (χ0) is 19.2. The number of hydrogen-bond acceptors (Lipinski definition) is 4. The highest BCUT2D eigenvalue weighted by Gasteiger charge is 2.31. The van der Waals surface area contributed by atoms with Crippen molar-refractivity contribution in [2.75, 3.05) is 18.4 Å². The number of nitrogens with one attached hydrogen (secondary N) is 1. The molecule has 1 N–H and O–H groups in total. The van der Waals surface area contributed by atoms with E-state index in [1.165, 1.54) is 0 Å². The number of ether oxygens (including phenoxy) is 1. The molecule has 1 aromatic carbocycles. The number of nitrogens with zero attached hydrogens (tertiary/aromatic N) is 2. The molecule has 0 saturated carbocycles. The highest BCUT2D eigenvalue weighted by molar-refractivity contribution is 5.84. The van der Waals surface area contributed by atoms with Gasteiger partial charge in [0.15, 0.2) is 0 Å². The first-order chi connectivity index (χ1) is 12.4. The van der Waals surface area contributed by atoms with Gasteiger partial charge in [-0.3, -0.25) is 4.98 Å². The van der Waals surface area contributed by atoms with Crippen LogP contribution in [0.25, 0.3) is 10.8 Å². The Morgan fingerprint density at radius 3 is 2.77 bits per heavy atom. The van der Waals surface area contributed by atoms with Crippen LogP contribution in [0.15, 0.2) is 36.7 Å². The van der Waals surface area contributed by atoms with E-state index in [1.54, 1.807) is 6.20 Å². The van der Waals surface area contributed by atoms with Gasteiger partial charge < -0.3 is 15.0 Å². The molecule has 3 rings (SSSR count). The number of carbonyl (C=O) groups excluding carboxylic acids is 1. The molecule has 1 atom stereocenters. The van der Waals surface area contributed by atoms with Gasteiger partial charge in [-0.05, 0) is 57.2 Å². The van der Waals surface area contributed by atoms with E-state index < -0.39 is 5.60 Å². The highest BCUT2D eigenvalue weighted by Crippen LogP contribution is 2.23. The summed E-state index contributed by atoms with van der Waals surface area (Å²) in [5, 5.41) is 5.74. The van der Waals surface area contributed by atoms with Crippen molar-refractivity contribution in [3.05, 3.63) is 36.7 Å². The lowest BCUT2D eigenvalue weighted by Crippen LogP contribution is -2.42. The number of aromatic nitrogens is 1. The summed E-state index contributed by atoms with van der Waals surface area (Å²) in [5.41, 5.74) is 0.606. The van der Waals surface area contributed by atoms with E-state index in [1.807, 2.05) is 51.8 Å². The van der Waals surface area contributed by atoms with E-state index in [9.17, 15) is 4.79 Å². The zero-order valence-corrected chi connectivity index (χ0v) is 16.6. The number of pyridine rings is 1. The second kappa shape index (κ2) is 8.88. The fourth-order valence-electron chi connectivity index (χ4n) is 3.04. The minimum absolute atomic E-state index is 0.174. The third-order valence-corrected chi connectivity index (χ3v) is 4.19. The molecule has 1 aliphatic heterocycles. The van der Waals surface area contributed by atoms with Gasteiger partial charge in [0.1, 0.15) is 5.60 Å². The van der Waals surface area contributed by atoms with Crippen LogP contribution in [0.2, 0.25) is 0 Å². The van der Waals surface area contributed by atoms with Crippen LogP contribution in [0.4, 0.5) is 10.5 Å². The minimum atomic E-state index is -0.454. The Kier molecular flexibility index (Phi) is 6.83. The quantitative estimate of drug-likeness (QED) is 0.833. The van der Waals surface area contributed by atoms with Crippen molar-refractivity contribution in [3.8, 4) is 0 Å². The van der Waals surface area contributed by atoms with Gasteiger partial charge in [0.05, 0.1) is 6.04 Å². The number of amides is 1. The zero-order valence-electron chi connectivity index (χ0n) is 16.6. The Morgan fingerprint density at radius 2 is 2.04 bits per heavy atom. The SMILES string of the molecule is CC.CC(C)(C)OC(=O)N1CCCC1CNc1ccc2cnccc2c1. The van der Waals surface area contributed by atoms with Crippen LogP contribution in [0.1, 0.15) is 47.5 Å². The summed E-state index contributed by atoms with van der Waals surface area (Å²) in [6.45, 7) is 11.2. The van der Waals surface area contributed by atoms with E-state index >= 15 is 0 Å². The van der Waals surface area contributed by atoms with Gasteiger partial charge in [0.25, 0.3) is 0 Å². The van der Waals surface area contributed by atoms with Gasteiger partial charge in [-0.15, -0.1) is 0 Å². The van der Waals surface area contributed by atoms with Crippen LogP contribution in [-0.4, -0.2) is 40.7 Å². The summed E-state index contributed by atoms with van der Waals surface area (Å²) in [6.07, 6.45) is 5.48. The predicted molar refractivity (Wildman–Crippen MR) is 108 cm³/mol. The molecule has 1 aromatic heterocycles. The van der Waals surface area contributed by atoms with Crippen molar-refractivity contribution < 1.29 is 9.53 Å². The summed E-state index contributed by atoms with van der Waals surface area (Å²) < 4.78 is 5.51. The number of fused-ring (bicyclic) bond motifs is 1. The first-order valence-electron chi connectivity index (χ1n) is 9.50. The van der Waals surface area contributed by atoms with E-state index in [4.69, 9.17) is 4.74 Å². The number of likely N-dealkylation sites (tertiary alicyclic amines) is 1. The molecule has 0 aliphatic carbocycles. The maximum absolute atomic E-state index is 12.3. The Labute approximate surface area is 156 Å². The average Bonchev–Trinajstić information content (AvgIpc) is 3.09. The van der Waals surface area contributed by atoms with Crippen LogP contribution in [0.3, 0.4) is 0 Å². The molecule has 1 aliphatic rings. The Morgan fingerprint density at radius 1 is 1.27 bits per heavy atom. The third kappa shape index (κ3) is 5.35. The topological polar surface area (TPSA) is 54.5 Å². The van der Waals surface area contributed by atoms with Gasteiger partial charge in [-0.1, -0.05) is 19.9 Å². The molecule has 0 radical (unpaired) electrons. The number of anilines is 1. The molecule has 1 saturated heterocycles. The van der Waals surface area contributed by atoms with Crippen molar-refractivity contribution in [1.29, 1.82) is 0 Å². The van der Waals surface area contributed by atoms with Gasteiger partial charge in [0, 0.05) is 36.6 Å². The van der Waals surface area contributed by atoms with Crippen molar-refractivity contribution in [3.63, 3.8) is 0 Å². The van der Waals surface area contributed by atoms with Crippen molar-refractivity contribution in [2.24, 2.45) is 0 Å². The maximum Gasteiger partial charge on any atom is 0.410 e. The lowest BCUT2D eigenvalue weighted by Gasteiger charge is -2.29. The number of carbonyl (C=O) groups is 1. The van der Waals surface area contributed by atoms with Crippen molar-refractivity contribution in [2.45, 2.75) is 59.1 Å². The van der Waals surface area contributed by atoms with Crippen molar-refractivity contribution >= 4 is 22.6 Å². The summed E-state index contributed by atoms with van der Waals surface area (Å²) >= 11 is 0. The Balaban J connectivity index is 0.00000117. The highest BCUT2D eigenvalue weighted by atomic mass is 16.6. The van der Waals surface area contributed by atoms with Crippen LogP contribution < -0.4 is 5.32 Å². The van der Waals surface area contributed by atoms with E-state index in [0.717, 1.165) is 42.4 Å². The average molecular weight is 357 g/mol. The molecular formula is C21H31N3O2. The Hall–Kier alpha value is -2.30. The molecule has 5 heteroatoms. The molecule has 1 unspecified atom stereocenters. The molecule has 26 heavy (non-hydrogen) atoms.